The van der Waals surface area contributed by atoms with Gasteiger partial charge in [0.25, 0.3) is 0 Å². The zero-order valence-electron chi connectivity index (χ0n) is 15.5. The molecule has 3 rings (SSSR count). The van der Waals surface area contributed by atoms with E-state index in [0.717, 1.165) is 28.2 Å². The molecule has 0 saturated carbocycles. The summed E-state index contributed by atoms with van der Waals surface area (Å²) in [4.78, 5) is 16.5. The number of Topliss-reactive ketones (excluding diaryl/α,β-unsaturated/α-hetero) is 1. The lowest BCUT2D eigenvalue weighted by Crippen LogP contribution is -2.47. The molecule has 0 amide bonds. The number of para-hydroxylation sites is 1. The number of carbonyl (C=O) groups excluding carboxylic acids is 1. The molecule has 0 aromatic heterocycles. The van der Waals surface area contributed by atoms with Gasteiger partial charge in [0.1, 0.15) is 0 Å². The molecule has 1 heterocycles. The number of benzene rings is 2. The highest BCUT2D eigenvalue weighted by molar-refractivity contribution is 7.80. The second-order valence-electron chi connectivity index (χ2n) is 6.59. The molecule has 0 radical (unpaired) electrons. The molecule has 1 atom stereocenters. The minimum absolute atomic E-state index is 0.0418. The first-order chi connectivity index (χ1) is 12.4. The van der Waals surface area contributed by atoms with Gasteiger partial charge in [-0.3, -0.25) is 9.69 Å². The van der Waals surface area contributed by atoms with Crippen molar-refractivity contribution in [1.29, 1.82) is 0 Å². The standard InChI is InChI=1S/C21H23N3OS/c1-14-19(15(2)25)20(16-10-12-17(13-11-16)23(3)4)22-21(26)24(14)18-8-6-5-7-9-18/h5-13,20H,1-4H3,(H,22,26)/t20-/m0/s1. The van der Waals surface area contributed by atoms with Crippen molar-refractivity contribution in [1.82, 2.24) is 5.32 Å². The molecule has 0 bridgehead atoms. The lowest BCUT2D eigenvalue weighted by atomic mass is 9.92. The van der Waals surface area contributed by atoms with E-state index in [4.69, 9.17) is 12.2 Å². The summed E-state index contributed by atoms with van der Waals surface area (Å²) in [5, 5.41) is 3.95. The Morgan fingerprint density at radius 3 is 2.23 bits per heavy atom. The van der Waals surface area contributed by atoms with E-state index in [1.807, 2.05) is 73.3 Å². The molecule has 5 heteroatoms. The number of carbonyl (C=O) groups is 1. The number of nitrogens with one attached hydrogen (secondary N) is 1. The number of nitrogens with zero attached hydrogens (tertiary/aromatic N) is 2. The van der Waals surface area contributed by atoms with Crippen LogP contribution >= 0.6 is 12.2 Å². The van der Waals surface area contributed by atoms with E-state index in [1.165, 1.54) is 0 Å². The van der Waals surface area contributed by atoms with Crippen molar-refractivity contribution in [2.45, 2.75) is 19.9 Å². The summed E-state index contributed by atoms with van der Waals surface area (Å²) in [7, 11) is 4.01. The Morgan fingerprint density at radius 1 is 1.08 bits per heavy atom. The van der Waals surface area contributed by atoms with Crippen molar-refractivity contribution < 1.29 is 4.79 Å². The lowest BCUT2D eigenvalue weighted by Gasteiger charge is -2.37. The smallest absolute Gasteiger partial charge is 0.178 e. The Labute approximate surface area is 160 Å². The van der Waals surface area contributed by atoms with Crippen molar-refractivity contribution in [3.05, 3.63) is 71.4 Å². The Balaban J connectivity index is 2.06. The maximum absolute atomic E-state index is 12.5. The van der Waals surface area contributed by atoms with E-state index in [9.17, 15) is 4.79 Å². The molecule has 134 valence electrons. The van der Waals surface area contributed by atoms with E-state index < -0.39 is 0 Å². The Bertz CT molecular complexity index is 857. The van der Waals surface area contributed by atoms with Crippen LogP contribution in [0.4, 0.5) is 11.4 Å². The number of hydrogen-bond acceptors (Lipinski definition) is 3. The summed E-state index contributed by atoms with van der Waals surface area (Å²) in [6.45, 7) is 3.57. The van der Waals surface area contributed by atoms with Gasteiger partial charge in [0.2, 0.25) is 0 Å². The average molecular weight is 366 g/mol. The third-order valence-corrected chi connectivity index (χ3v) is 4.92. The van der Waals surface area contributed by atoms with Gasteiger partial charge < -0.3 is 10.2 Å². The molecule has 0 spiro atoms. The molecular weight excluding hydrogens is 342 g/mol. The molecular formula is C21H23N3OS. The Morgan fingerprint density at radius 2 is 1.69 bits per heavy atom. The van der Waals surface area contributed by atoms with Crippen molar-refractivity contribution in [2.24, 2.45) is 0 Å². The van der Waals surface area contributed by atoms with Gasteiger partial charge in [0, 0.05) is 36.7 Å². The van der Waals surface area contributed by atoms with Crippen molar-refractivity contribution in [3.8, 4) is 0 Å². The summed E-state index contributed by atoms with van der Waals surface area (Å²) in [5.74, 6) is 0.0418. The third kappa shape index (κ3) is 3.35. The van der Waals surface area contributed by atoms with E-state index >= 15 is 0 Å². The fourth-order valence-electron chi connectivity index (χ4n) is 3.30. The first-order valence-corrected chi connectivity index (χ1v) is 8.95. The molecule has 0 unspecified atom stereocenters. The first-order valence-electron chi connectivity index (χ1n) is 8.55. The maximum Gasteiger partial charge on any atom is 0.178 e. The number of allylic oxidation sites excluding steroid dienone is 1. The van der Waals surface area contributed by atoms with E-state index in [0.29, 0.717) is 5.11 Å². The monoisotopic (exact) mass is 365 g/mol. The van der Waals surface area contributed by atoms with Crippen LogP contribution in [-0.2, 0) is 4.79 Å². The SMILES string of the molecule is CC(=O)C1=C(C)N(c2ccccc2)C(=S)N[C@H]1c1ccc(N(C)C)cc1. The van der Waals surface area contributed by atoms with E-state index in [1.54, 1.807) is 6.92 Å². The topological polar surface area (TPSA) is 35.6 Å². The van der Waals surface area contributed by atoms with Crippen LogP contribution in [-0.4, -0.2) is 25.0 Å². The second-order valence-corrected chi connectivity index (χ2v) is 6.98. The minimum Gasteiger partial charge on any atom is -0.378 e. The first kappa shape index (κ1) is 18.1. The van der Waals surface area contributed by atoms with Crippen LogP contribution in [0.1, 0.15) is 25.5 Å². The lowest BCUT2D eigenvalue weighted by molar-refractivity contribution is -0.114. The molecule has 1 N–H and O–H groups in total. The number of hydrogen-bond donors (Lipinski definition) is 1. The molecule has 2 aromatic carbocycles. The van der Waals surface area contributed by atoms with Gasteiger partial charge in [-0.1, -0.05) is 30.3 Å². The Hall–Kier alpha value is -2.66. The van der Waals surface area contributed by atoms with Gasteiger partial charge in [-0.25, -0.2) is 0 Å². The van der Waals surface area contributed by atoms with Gasteiger partial charge in [-0.15, -0.1) is 0 Å². The second kappa shape index (κ2) is 7.30. The molecule has 1 aliphatic rings. The van der Waals surface area contributed by atoms with Crippen LogP contribution < -0.4 is 15.1 Å². The molecule has 0 aliphatic carbocycles. The quantitative estimate of drug-likeness (QED) is 0.827. The third-order valence-electron chi connectivity index (χ3n) is 4.62. The fraction of sp³-hybridized carbons (Fsp3) is 0.238. The van der Waals surface area contributed by atoms with Gasteiger partial charge in [0.15, 0.2) is 10.9 Å². The predicted octanol–water partition coefficient (Wildman–Crippen LogP) is 4.05. The summed E-state index contributed by atoms with van der Waals surface area (Å²) in [5.41, 5.74) is 4.69. The average Bonchev–Trinajstić information content (AvgIpc) is 2.61. The fourth-order valence-corrected chi connectivity index (χ4v) is 3.66. The van der Waals surface area contributed by atoms with Gasteiger partial charge in [-0.2, -0.15) is 0 Å². The summed E-state index contributed by atoms with van der Waals surface area (Å²) >= 11 is 5.63. The van der Waals surface area contributed by atoms with Crippen LogP contribution in [0.15, 0.2) is 65.9 Å². The maximum atomic E-state index is 12.5. The van der Waals surface area contributed by atoms with E-state index in [-0.39, 0.29) is 11.8 Å². The number of rotatable bonds is 4. The highest BCUT2D eigenvalue weighted by Gasteiger charge is 2.32. The van der Waals surface area contributed by atoms with Crippen LogP contribution in [0.2, 0.25) is 0 Å². The molecule has 26 heavy (non-hydrogen) atoms. The predicted molar refractivity (Wildman–Crippen MR) is 112 cm³/mol. The van der Waals surface area contributed by atoms with E-state index in [2.05, 4.69) is 17.4 Å². The van der Waals surface area contributed by atoms with Crippen LogP contribution in [0.25, 0.3) is 0 Å². The summed E-state index contributed by atoms with van der Waals surface area (Å²) in [6.07, 6.45) is 0. The highest BCUT2D eigenvalue weighted by Crippen LogP contribution is 2.34. The van der Waals surface area contributed by atoms with Crippen molar-refractivity contribution >= 4 is 34.5 Å². The largest absolute Gasteiger partial charge is 0.378 e. The highest BCUT2D eigenvalue weighted by atomic mass is 32.1. The summed E-state index contributed by atoms with van der Waals surface area (Å²) < 4.78 is 0. The molecule has 4 nitrogen and oxygen atoms in total. The zero-order valence-corrected chi connectivity index (χ0v) is 16.3. The number of ketones is 1. The zero-order chi connectivity index (χ0) is 18.8. The van der Waals surface area contributed by atoms with Gasteiger partial charge in [0.05, 0.1) is 6.04 Å². The number of thiocarbonyl (C=S) groups is 1. The molecule has 0 saturated heterocycles. The van der Waals surface area contributed by atoms with Crippen molar-refractivity contribution in [3.63, 3.8) is 0 Å². The Kier molecular flexibility index (Phi) is 5.09. The van der Waals surface area contributed by atoms with Crippen LogP contribution in [0.3, 0.4) is 0 Å². The summed E-state index contributed by atoms with van der Waals surface area (Å²) in [6, 6.07) is 17.8. The van der Waals surface area contributed by atoms with Gasteiger partial charge >= 0.3 is 0 Å². The number of anilines is 2. The van der Waals surface area contributed by atoms with Crippen molar-refractivity contribution in [2.75, 3.05) is 23.9 Å². The van der Waals surface area contributed by atoms with Crippen LogP contribution in [0.5, 0.6) is 0 Å². The molecule has 0 fully saturated rings. The normalized spacial score (nSPS) is 17.2. The van der Waals surface area contributed by atoms with Gasteiger partial charge in [-0.05, 0) is 55.9 Å². The van der Waals surface area contributed by atoms with Crippen LogP contribution in [0, 0.1) is 0 Å². The minimum atomic E-state index is -0.240. The molecule has 2 aromatic rings. The molecule has 1 aliphatic heterocycles.